The van der Waals surface area contributed by atoms with Crippen LogP contribution in [0.3, 0.4) is 0 Å². The highest BCUT2D eigenvalue weighted by Crippen LogP contribution is 2.22. The molecule has 1 aliphatic heterocycles. The second kappa shape index (κ2) is 7.63. The van der Waals surface area contributed by atoms with E-state index >= 15 is 0 Å². The summed E-state index contributed by atoms with van der Waals surface area (Å²) in [4.78, 5) is 18.5. The Bertz CT molecular complexity index is 900. The molecule has 1 aromatic heterocycles. The lowest BCUT2D eigenvalue weighted by atomic mass is 10.2. The number of halogens is 1. The molecule has 0 spiro atoms. The van der Waals surface area contributed by atoms with Gasteiger partial charge < -0.3 is 10.2 Å². The maximum atomic E-state index is 12.4. The Morgan fingerprint density at radius 3 is 2.69 bits per heavy atom. The third-order valence-corrected chi connectivity index (χ3v) is 6.49. The van der Waals surface area contributed by atoms with Crippen LogP contribution in [0.2, 0.25) is 5.02 Å². The minimum absolute atomic E-state index is 0.111. The molecule has 2 heterocycles. The first-order chi connectivity index (χ1) is 12.3. The Kier molecular flexibility index (Phi) is 5.48. The second-order valence-corrected chi connectivity index (χ2v) is 9.04. The molecule has 1 aromatic carbocycles. The Morgan fingerprint density at radius 1 is 1.31 bits per heavy atom. The van der Waals surface area contributed by atoms with Crippen molar-refractivity contribution in [3.63, 3.8) is 0 Å². The number of sulfone groups is 1. The minimum atomic E-state index is -2.98. The first-order valence-corrected chi connectivity index (χ1v) is 10.5. The van der Waals surface area contributed by atoms with Gasteiger partial charge in [0, 0.05) is 36.4 Å². The topological polar surface area (TPSA) is 79.4 Å². The van der Waals surface area contributed by atoms with Crippen molar-refractivity contribution in [3.05, 3.63) is 58.7 Å². The van der Waals surface area contributed by atoms with Crippen molar-refractivity contribution in [1.29, 1.82) is 0 Å². The molecule has 0 aliphatic carbocycles. The quantitative estimate of drug-likeness (QED) is 0.843. The molecular formula is C18H20ClN3O3S. The molecule has 26 heavy (non-hydrogen) atoms. The molecule has 0 radical (unpaired) electrons. The number of anilines is 1. The van der Waals surface area contributed by atoms with Crippen molar-refractivity contribution in [1.82, 2.24) is 10.3 Å². The van der Waals surface area contributed by atoms with E-state index in [1.54, 1.807) is 30.5 Å². The molecule has 1 atom stereocenters. The molecule has 1 unspecified atom stereocenters. The van der Waals surface area contributed by atoms with E-state index in [-0.39, 0.29) is 23.5 Å². The first-order valence-electron chi connectivity index (χ1n) is 8.26. The van der Waals surface area contributed by atoms with E-state index in [0.717, 1.165) is 5.56 Å². The molecule has 6 nitrogen and oxygen atoms in total. The molecule has 3 rings (SSSR count). The highest BCUT2D eigenvalue weighted by atomic mass is 35.5. The fourth-order valence-corrected chi connectivity index (χ4v) is 4.81. The van der Waals surface area contributed by atoms with Crippen molar-refractivity contribution in [3.8, 4) is 0 Å². The van der Waals surface area contributed by atoms with Crippen LogP contribution in [0.15, 0.2) is 42.6 Å². The number of hydrogen-bond donors (Lipinski definition) is 1. The summed E-state index contributed by atoms with van der Waals surface area (Å²) in [5.41, 5.74) is 1.43. The van der Waals surface area contributed by atoms with Crippen molar-refractivity contribution < 1.29 is 13.2 Å². The molecule has 1 amide bonds. The number of nitrogens with zero attached hydrogens (tertiary/aromatic N) is 2. The SMILES string of the molecule is CN(c1cc(C(=O)NCc2ccc(Cl)cc2)ccn1)C1CCS(=O)(=O)C1. The third-order valence-electron chi connectivity index (χ3n) is 4.49. The largest absolute Gasteiger partial charge is 0.356 e. The van der Waals surface area contributed by atoms with Gasteiger partial charge in [0.25, 0.3) is 5.91 Å². The van der Waals surface area contributed by atoms with Crippen LogP contribution in [0, 0.1) is 0 Å². The number of amides is 1. The molecule has 0 saturated carbocycles. The fourth-order valence-electron chi connectivity index (χ4n) is 2.91. The van der Waals surface area contributed by atoms with Crippen LogP contribution in [0.5, 0.6) is 0 Å². The van der Waals surface area contributed by atoms with Crippen molar-refractivity contribution >= 4 is 33.2 Å². The number of nitrogens with one attached hydrogen (secondary N) is 1. The van der Waals surface area contributed by atoms with Gasteiger partial charge in [0.2, 0.25) is 0 Å². The Balaban J connectivity index is 1.66. The molecule has 138 valence electrons. The zero-order valence-electron chi connectivity index (χ0n) is 14.4. The maximum absolute atomic E-state index is 12.4. The van der Waals surface area contributed by atoms with Gasteiger partial charge in [0.05, 0.1) is 11.5 Å². The lowest BCUT2D eigenvalue weighted by molar-refractivity contribution is 0.0951. The molecule has 8 heteroatoms. The number of hydrogen-bond acceptors (Lipinski definition) is 5. The Labute approximate surface area is 158 Å². The summed E-state index contributed by atoms with van der Waals surface area (Å²) in [5, 5.41) is 3.51. The molecule has 1 N–H and O–H groups in total. The van der Waals surface area contributed by atoms with Crippen LogP contribution in [-0.4, -0.2) is 43.9 Å². The van der Waals surface area contributed by atoms with E-state index in [2.05, 4.69) is 10.3 Å². The van der Waals surface area contributed by atoms with E-state index < -0.39 is 9.84 Å². The predicted octanol–water partition coefficient (Wildman–Crippen LogP) is 2.29. The summed E-state index contributed by atoms with van der Waals surface area (Å²) in [7, 11) is -1.17. The highest BCUT2D eigenvalue weighted by Gasteiger charge is 2.31. The monoisotopic (exact) mass is 393 g/mol. The van der Waals surface area contributed by atoms with Crippen LogP contribution in [0.25, 0.3) is 0 Å². The minimum Gasteiger partial charge on any atom is -0.356 e. The zero-order valence-corrected chi connectivity index (χ0v) is 15.9. The summed E-state index contributed by atoms with van der Waals surface area (Å²) in [6, 6.07) is 10.5. The van der Waals surface area contributed by atoms with Gasteiger partial charge in [-0.2, -0.15) is 0 Å². The maximum Gasteiger partial charge on any atom is 0.251 e. The normalized spacial score (nSPS) is 18.5. The number of benzene rings is 1. The molecular weight excluding hydrogens is 374 g/mol. The molecule has 1 saturated heterocycles. The van der Waals surface area contributed by atoms with Gasteiger partial charge >= 0.3 is 0 Å². The second-order valence-electron chi connectivity index (χ2n) is 6.38. The number of pyridine rings is 1. The van der Waals surface area contributed by atoms with Gasteiger partial charge in [0.1, 0.15) is 5.82 Å². The number of rotatable bonds is 5. The zero-order chi connectivity index (χ0) is 18.7. The van der Waals surface area contributed by atoms with E-state index in [1.165, 1.54) is 0 Å². The van der Waals surface area contributed by atoms with E-state index in [9.17, 15) is 13.2 Å². The lowest BCUT2D eigenvalue weighted by Crippen LogP contribution is -2.33. The summed E-state index contributed by atoms with van der Waals surface area (Å²) in [5.74, 6) is 0.698. The lowest BCUT2D eigenvalue weighted by Gasteiger charge is -2.24. The molecule has 1 fully saturated rings. The smallest absolute Gasteiger partial charge is 0.251 e. The van der Waals surface area contributed by atoms with Gasteiger partial charge in [-0.3, -0.25) is 4.79 Å². The number of carbonyl (C=O) groups excluding carboxylic acids is 1. The van der Waals surface area contributed by atoms with Gasteiger partial charge in [0.15, 0.2) is 9.84 Å². The molecule has 2 aromatic rings. The van der Waals surface area contributed by atoms with Gasteiger partial charge in [-0.1, -0.05) is 23.7 Å². The van der Waals surface area contributed by atoms with E-state index in [4.69, 9.17) is 11.6 Å². The average Bonchev–Trinajstić information content (AvgIpc) is 3.00. The van der Waals surface area contributed by atoms with Crippen LogP contribution in [0.1, 0.15) is 22.3 Å². The summed E-state index contributed by atoms with van der Waals surface area (Å²) >= 11 is 5.85. The van der Waals surface area contributed by atoms with Crippen molar-refractivity contribution in [2.24, 2.45) is 0 Å². The summed E-state index contributed by atoms with van der Waals surface area (Å²) in [6.45, 7) is 0.393. The van der Waals surface area contributed by atoms with E-state index in [0.29, 0.717) is 29.4 Å². The third kappa shape index (κ3) is 4.53. The van der Waals surface area contributed by atoms with Crippen LogP contribution in [0.4, 0.5) is 5.82 Å². The molecule has 1 aliphatic rings. The Hall–Kier alpha value is -2.12. The van der Waals surface area contributed by atoms with Crippen molar-refractivity contribution in [2.75, 3.05) is 23.5 Å². The van der Waals surface area contributed by atoms with Crippen LogP contribution < -0.4 is 10.2 Å². The average molecular weight is 394 g/mol. The standard InChI is InChI=1S/C18H20ClN3O3S/c1-22(16-7-9-26(24,25)12-16)17-10-14(6-8-20-17)18(23)21-11-13-2-4-15(19)5-3-13/h2-6,8,10,16H,7,9,11-12H2,1H3,(H,21,23). The van der Waals surface area contributed by atoms with Crippen LogP contribution in [-0.2, 0) is 16.4 Å². The van der Waals surface area contributed by atoms with Crippen LogP contribution >= 0.6 is 11.6 Å². The summed E-state index contributed by atoms with van der Waals surface area (Å²) in [6.07, 6.45) is 2.14. The predicted molar refractivity (Wildman–Crippen MR) is 102 cm³/mol. The van der Waals surface area contributed by atoms with E-state index in [1.807, 2.05) is 24.1 Å². The Morgan fingerprint density at radius 2 is 2.04 bits per heavy atom. The van der Waals surface area contributed by atoms with Gasteiger partial charge in [-0.25, -0.2) is 13.4 Å². The number of aromatic nitrogens is 1. The summed E-state index contributed by atoms with van der Waals surface area (Å²) < 4.78 is 23.3. The highest BCUT2D eigenvalue weighted by molar-refractivity contribution is 7.91. The van der Waals surface area contributed by atoms with Gasteiger partial charge in [-0.05, 0) is 36.2 Å². The molecule has 0 bridgehead atoms. The first kappa shape index (κ1) is 18.7. The van der Waals surface area contributed by atoms with Gasteiger partial charge in [-0.15, -0.1) is 0 Å². The number of carbonyl (C=O) groups is 1. The fraction of sp³-hybridized carbons (Fsp3) is 0.333. The van der Waals surface area contributed by atoms with Crippen molar-refractivity contribution in [2.45, 2.75) is 19.0 Å².